The van der Waals surface area contributed by atoms with E-state index in [1.54, 1.807) is 30.5 Å². The topological polar surface area (TPSA) is 50.7 Å². The third-order valence-corrected chi connectivity index (χ3v) is 3.22. The molecule has 0 fully saturated rings. The maximum atomic E-state index is 12.0. The van der Waals surface area contributed by atoms with E-state index >= 15 is 0 Å². The van der Waals surface area contributed by atoms with Gasteiger partial charge in [-0.2, -0.15) is 5.10 Å². The maximum Gasteiger partial charge on any atom is 0.271 e. The molecule has 24 heavy (non-hydrogen) atoms. The van der Waals surface area contributed by atoms with E-state index in [1.165, 1.54) is 0 Å². The lowest BCUT2D eigenvalue weighted by Crippen LogP contribution is -2.17. The van der Waals surface area contributed by atoms with Gasteiger partial charge in [-0.1, -0.05) is 43.3 Å². The second kappa shape index (κ2) is 9.30. The fraction of sp³-hybridized carbons (Fsp3) is 0.200. The summed E-state index contributed by atoms with van der Waals surface area (Å²) < 4.78 is 5.49. The van der Waals surface area contributed by atoms with Gasteiger partial charge in [0.15, 0.2) is 0 Å². The van der Waals surface area contributed by atoms with Crippen molar-refractivity contribution in [1.82, 2.24) is 5.43 Å². The number of hydrazone groups is 1. The highest BCUT2D eigenvalue weighted by molar-refractivity contribution is 5.95. The van der Waals surface area contributed by atoms with Gasteiger partial charge in [-0.3, -0.25) is 4.79 Å². The van der Waals surface area contributed by atoms with Crippen LogP contribution in [0.1, 0.15) is 36.2 Å². The number of rotatable bonds is 7. The summed E-state index contributed by atoms with van der Waals surface area (Å²) in [5, 5.41) is 3.99. The van der Waals surface area contributed by atoms with Crippen molar-refractivity contribution >= 4 is 18.2 Å². The van der Waals surface area contributed by atoms with Gasteiger partial charge in [0, 0.05) is 5.56 Å². The molecular formula is C20H22N2O2. The molecule has 0 heterocycles. The van der Waals surface area contributed by atoms with E-state index in [0.717, 1.165) is 23.3 Å². The number of ether oxygens (including phenoxy) is 1. The van der Waals surface area contributed by atoms with Crippen molar-refractivity contribution in [2.75, 3.05) is 6.61 Å². The van der Waals surface area contributed by atoms with E-state index in [-0.39, 0.29) is 5.91 Å². The zero-order valence-electron chi connectivity index (χ0n) is 14.0. The zero-order valence-corrected chi connectivity index (χ0v) is 14.0. The fourth-order valence-electron chi connectivity index (χ4n) is 2.03. The molecule has 2 aromatic carbocycles. The molecule has 1 N–H and O–H groups in total. The number of nitrogens with zero attached hydrogens (tertiary/aromatic N) is 1. The van der Waals surface area contributed by atoms with Crippen LogP contribution in [0.2, 0.25) is 0 Å². The minimum Gasteiger partial charge on any atom is -0.494 e. The molecule has 0 atom stereocenters. The molecule has 0 saturated carbocycles. The lowest BCUT2D eigenvalue weighted by Gasteiger charge is -2.05. The van der Waals surface area contributed by atoms with E-state index in [2.05, 4.69) is 10.5 Å². The molecule has 4 heteroatoms. The van der Waals surface area contributed by atoms with Crippen LogP contribution < -0.4 is 10.2 Å². The molecule has 0 aliphatic rings. The Bertz CT molecular complexity index is 704. The van der Waals surface area contributed by atoms with Crippen molar-refractivity contribution in [2.45, 2.75) is 20.3 Å². The molecule has 0 radical (unpaired) electrons. The molecule has 0 spiro atoms. The van der Waals surface area contributed by atoms with Crippen LogP contribution in [0, 0.1) is 0 Å². The average Bonchev–Trinajstić information content (AvgIpc) is 2.61. The molecule has 0 saturated heterocycles. The summed E-state index contributed by atoms with van der Waals surface area (Å²) in [5.74, 6) is 0.513. The first kappa shape index (κ1) is 17.5. The van der Waals surface area contributed by atoms with Crippen LogP contribution in [0.5, 0.6) is 5.75 Å². The lowest BCUT2D eigenvalue weighted by atomic mass is 10.1. The quantitative estimate of drug-likeness (QED) is 0.610. The number of nitrogens with one attached hydrogen (secondary N) is 1. The van der Waals surface area contributed by atoms with Crippen LogP contribution in [0.3, 0.4) is 0 Å². The molecule has 0 aliphatic carbocycles. The maximum absolute atomic E-state index is 12.0. The summed E-state index contributed by atoms with van der Waals surface area (Å²) in [6.45, 7) is 4.65. The zero-order chi connectivity index (χ0) is 17.2. The Morgan fingerprint density at radius 1 is 1.12 bits per heavy atom. The molecule has 2 rings (SSSR count). The van der Waals surface area contributed by atoms with Gasteiger partial charge < -0.3 is 4.74 Å². The third-order valence-electron chi connectivity index (χ3n) is 3.22. The van der Waals surface area contributed by atoms with Gasteiger partial charge in [-0.15, -0.1) is 0 Å². The van der Waals surface area contributed by atoms with Crippen LogP contribution in [0.4, 0.5) is 0 Å². The van der Waals surface area contributed by atoms with Gasteiger partial charge >= 0.3 is 0 Å². The SMILES string of the molecule is CCCOc1ccc(C(=O)N/N=C/C(C)=C\c2ccccc2)cc1. The van der Waals surface area contributed by atoms with Crippen molar-refractivity contribution in [1.29, 1.82) is 0 Å². The average molecular weight is 322 g/mol. The molecule has 0 aliphatic heterocycles. The van der Waals surface area contributed by atoms with E-state index in [0.29, 0.717) is 12.2 Å². The van der Waals surface area contributed by atoms with Gasteiger partial charge in [0.05, 0.1) is 12.8 Å². The Kier molecular flexibility index (Phi) is 6.77. The van der Waals surface area contributed by atoms with E-state index < -0.39 is 0 Å². The van der Waals surface area contributed by atoms with Gasteiger partial charge in [-0.05, 0) is 48.7 Å². The van der Waals surface area contributed by atoms with Crippen molar-refractivity contribution in [2.24, 2.45) is 5.10 Å². The van der Waals surface area contributed by atoms with Crippen LogP contribution >= 0.6 is 0 Å². The molecule has 1 amide bonds. The minimum absolute atomic E-state index is 0.249. The molecule has 124 valence electrons. The Balaban J connectivity index is 1.89. The summed E-state index contributed by atoms with van der Waals surface area (Å²) >= 11 is 0. The highest BCUT2D eigenvalue weighted by Crippen LogP contribution is 2.12. The van der Waals surface area contributed by atoms with Gasteiger partial charge in [0.1, 0.15) is 5.75 Å². The summed E-state index contributed by atoms with van der Waals surface area (Å²) in [6.07, 6.45) is 4.58. The highest BCUT2D eigenvalue weighted by Gasteiger charge is 2.04. The lowest BCUT2D eigenvalue weighted by molar-refractivity contribution is 0.0955. The number of allylic oxidation sites excluding steroid dienone is 1. The molecule has 2 aromatic rings. The van der Waals surface area contributed by atoms with Crippen LogP contribution in [-0.4, -0.2) is 18.7 Å². The standard InChI is InChI=1S/C20H22N2O2/c1-3-13-24-19-11-9-18(10-12-19)20(23)22-21-15-16(2)14-17-7-5-4-6-8-17/h4-12,14-15H,3,13H2,1-2H3,(H,22,23)/b16-14-,21-15+. The van der Waals surface area contributed by atoms with Crippen molar-refractivity contribution in [3.63, 3.8) is 0 Å². The van der Waals surface area contributed by atoms with Crippen molar-refractivity contribution in [3.05, 3.63) is 71.3 Å². The number of carbonyl (C=O) groups is 1. The largest absolute Gasteiger partial charge is 0.494 e. The van der Waals surface area contributed by atoms with Gasteiger partial charge in [-0.25, -0.2) is 5.43 Å². The number of benzene rings is 2. The van der Waals surface area contributed by atoms with E-state index in [1.807, 2.05) is 50.3 Å². The summed E-state index contributed by atoms with van der Waals surface area (Å²) in [5.41, 5.74) is 5.11. The molecule has 0 bridgehead atoms. The fourth-order valence-corrected chi connectivity index (χ4v) is 2.03. The normalized spacial score (nSPS) is 11.5. The Hall–Kier alpha value is -2.88. The molecule has 0 aromatic heterocycles. The first-order chi connectivity index (χ1) is 11.7. The summed E-state index contributed by atoms with van der Waals surface area (Å²) in [6, 6.07) is 17.0. The van der Waals surface area contributed by atoms with E-state index in [4.69, 9.17) is 4.74 Å². The second-order valence-electron chi connectivity index (χ2n) is 5.37. The predicted octanol–water partition coefficient (Wildman–Crippen LogP) is 4.29. The van der Waals surface area contributed by atoms with Gasteiger partial charge in [0.2, 0.25) is 0 Å². The summed E-state index contributed by atoms with van der Waals surface area (Å²) in [7, 11) is 0. The predicted molar refractivity (Wildman–Crippen MR) is 98.3 cm³/mol. The van der Waals surface area contributed by atoms with Crippen LogP contribution in [0.15, 0.2) is 65.3 Å². The number of hydrogen-bond acceptors (Lipinski definition) is 3. The first-order valence-electron chi connectivity index (χ1n) is 7.98. The van der Waals surface area contributed by atoms with Crippen LogP contribution in [-0.2, 0) is 0 Å². The molecule has 0 unspecified atom stereocenters. The summed E-state index contributed by atoms with van der Waals surface area (Å²) in [4.78, 5) is 12.0. The number of hydrogen-bond donors (Lipinski definition) is 1. The molecular weight excluding hydrogens is 300 g/mol. The Labute approximate surface area is 142 Å². The van der Waals surface area contributed by atoms with Crippen LogP contribution in [0.25, 0.3) is 6.08 Å². The first-order valence-corrected chi connectivity index (χ1v) is 7.98. The van der Waals surface area contributed by atoms with E-state index in [9.17, 15) is 4.79 Å². The minimum atomic E-state index is -0.249. The monoisotopic (exact) mass is 322 g/mol. The molecule has 4 nitrogen and oxygen atoms in total. The smallest absolute Gasteiger partial charge is 0.271 e. The second-order valence-corrected chi connectivity index (χ2v) is 5.37. The third kappa shape index (κ3) is 5.72. The Morgan fingerprint density at radius 3 is 2.50 bits per heavy atom. The van der Waals surface area contributed by atoms with Gasteiger partial charge in [0.25, 0.3) is 5.91 Å². The van der Waals surface area contributed by atoms with Crippen molar-refractivity contribution < 1.29 is 9.53 Å². The number of carbonyl (C=O) groups excluding carboxylic acids is 1. The van der Waals surface area contributed by atoms with Crippen molar-refractivity contribution in [3.8, 4) is 5.75 Å². The highest BCUT2D eigenvalue weighted by atomic mass is 16.5. The Morgan fingerprint density at radius 2 is 1.83 bits per heavy atom. The number of amides is 1.